The molecule has 2 atom stereocenters. The molecule has 5 nitrogen and oxygen atoms in total. The number of carbonyl (C=O) groups excluding carboxylic acids is 1. The monoisotopic (exact) mass is 314 g/mol. The maximum atomic E-state index is 12.0. The number of hydrogen-bond donors (Lipinski definition) is 4. The maximum absolute atomic E-state index is 12.0. The van der Waals surface area contributed by atoms with Gasteiger partial charge in [0.25, 0.3) is 0 Å². The third-order valence-electron chi connectivity index (χ3n) is 4.92. The quantitative estimate of drug-likeness (QED) is 0.660. The highest BCUT2D eigenvalue weighted by Crippen LogP contribution is 2.20. The van der Waals surface area contributed by atoms with Crippen molar-refractivity contribution in [3.8, 4) is 0 Å². The van der Waals surface area contributed by atoms with Gasteiger partial charge in [-0.25, -0.2) is 0 Å². The van der Waals surface area contributed by atoms with Crippen molar-refractivity contribution in [2.24, 2.45) is 5.92 Å². The Morgan fingerprint density at radius 1 is 1.17 bits per heavy atom. The van der Waals surface area contributed by atoms with E-state index in [1.54, 1.807) is 0 Å². The summed E-state index contributed by atoms with van der Waals surface area (Å²) in [5.41, 5.74) is 8.88. The Kier molecular flexibility index (Phi) is 4.98. The minimum Gasteiger partial charge on any atom is -0.361 e. The molecule has 1 aromatic heterocycles. The van der Waals surface area contributed by atoms with E-state index in [9.17, 15) is 4.79 Å². The zero-order valence-corrected chi connectivity index (χ0v) is 13.9. The number of aromatic amines is 1. The Morgan fingerprint density at radius 2 is 1.91 bits per heavy atom. The zero-order valence-electron chi connectivity index (χ0n) is 13.9. The minimum absolute atomic E-state index is 0.149. The second kappa shape index (κ2) is 7.15. The van der Waals surface area contributed by atoms with Gasteiger partial charge in [-0.2, -0.15) is 0 Å². The summed E-state index contributed by atoms with van der Waals surface area (Å²) >= 11 is 0. The topological polar surface area (TPSA) is 68.9 Å². The normalized spacial score (nSPS) is 24.2. The van der Waals surface area contributed by atoms with Crippen molar-refractivity contribution in [2.75, 3.05) is 6.54 Å². The molecule has 124 valence electrons. The van der Waals surface area contributed by atoms with Crippen molar-refractivity contribution in [3.63, 3.8) is 0 Å². The third-order valence-corrected chi connectivity index (χ3v) is 4.92. The lowest BCUT2D eigenvalue weighted by Gasteiger charge is -2.17. The lowest BCUT2D eigenvalue weighted by molar-refractivity contribution is -0.121. The van der Waals surface area contributed by atoms with Crippen LogP contribution in [-0.4, -0.2) is 29.5 Å². The van der Waals surface area contributed by atoms with Gasteiger partial charge in [0.05, 0.1) is 0 Å². The first kappa shape index (κ1) is 16.0. The molecule has 0 saturated carbocycles. The first-order valence-corrected chi connectivity index (χ1v) is 8.48. The first-order chi connectivity index (χ1) is 11.1. The maximum Gasteiger partial charge on any atom is 0.220 e. The number of para-hydroxylation sites is 1. The summed E-state index contributed by atoms with van der Waals surface area (Å²) in [7, 11) is 0. The van der Waals surface area contributed by atoms with Gasteiger partial charge < -0.3 is 10.3 Å². The summed E-state index contributed by atoms with van der Waals surface area (Å²) in [5, 5.41) is 4.29. The molecule has 1 aromatic carbocycles. The van der Waals surface area contributed by atoms with E-state index in [1.165, 1.54) is 10.9 Å². The average molecular weight is 314 g/mol. The van der Waals surface area contributed by atoms with Gasteiger partial charge in [-0.1, -0.05) is 18.2 Å². The van der Waals surface area contributed by atoms with Gasteiger partial charge >= 0.3 is 0 Å². The molecule has 2 aromatic rings. The molecule has 1 saturated heterocycles. The SMILES string of the molecule is CC1NNC(C)C1CCC(=O)NCCc1c[nH]c2ccccc12. The van der Waals surface area contributed by atoms with Crippen LogP contribution in [0.1, 0.15) is 32.3 Å². The van der Waals surface area contributed by atoms with Gasteiger partial charge in [-0.15, -0.1) is 0 Å². The molecule has 1 fully saturated rings. The van der Waals surface area contributed by atoms with Crippen LogP contribution in [0.25, 0.3) is 10.9 Å². The van der Waals surface area contributed by atoms with Crippen molar-refractivity contribution in [2.45, 2.75) is 45.2 Å². The number of H-pyrrole nitrogens is 1. The summed E-state index contributed by atoms with van der Waals surface area (Å²) in [6.07, 6.45) is 4.41. The first-order valence-electron chi connectivity index (χ1n) is 8.48. The van der Waals surface area contributed by atoms with E-state index in [0.717, 1.165) is 18.4 Å². The lowest BCUT2D eigenvalue weighted by Crippen LogP contribution is -2.30. The number of hydrogen-bond acceptors (Lipinski definition) is 3. The molecule has 0 radical (unpaired) electrons. The van der Waals surface area contributed by atoms with Crippen molar-refractivity contribution in [1.29, 1.82) is 0 Å². The van der Waals surface area contributed by atoms with Gasteiger partial charge in [-0.3, -0.25) is 15.6 Å². The number of aromatic nitrogens is 1. The van der Waals surface area contributed by atoms with E-state index in [1.807, 2.05) is 18.3 Å². The summed E-state index contributed by atoms with van der Waals surface area (Å²) in [6, 6.07) is 9.10. The van der Waals surface area contributed by atoms with Gasteiger partial charge in [0.1, 0.15) is 0 Å². The molecule has 1 aliphatic heterocycles. The van der Waals surface area contributed by atoms with Crippen molar-refractivity contribution >= 4 is 16.8 Å². The molecule has 0 spiro atoms. The number of nitrogens with one attached hydrogen (secondary N) is 4. The van der Waals surface area contributed by atoms with Crippen LogP contribution < -0.4 is 16.2 Å². The molecule has 1 aliphatic rings. The molecular weight excluding hydrogens is 288 g/mol. The van der Waals surface area contributed by atoms with Gasteiger partial charge in [-0.05, 0) is 44.2 Å². The largest absolute Gasteiger partial charge is 0.361 e. The Labute approximate surface area is 137 Å². The van der Waals surface area contributed by atoms with E-state index in [2.05, 4.69) is 47.1 Å². The molecular formula is C18H26N4O. The highest BCUT2D eigenvalue weighted by Gasteiger charge is 2.29. The van der Waals surface area contributed by atoms with Crippen LogP contribution in [-0.2, 0) is 11.2 Å². The van der Waals surface area contributed by atoms with Crippen molar-refractivity contribution < 1.29 is 4.79 Å². The van der Waals surface area contributed by atoms with Crippen molar-refractivity contribution in [1.82, 2.24) is 21.2 Å². The molecule has 3 rings (SSSR count). The van der Waals surface area contributed by atoms with Crippen LogP contribution in [0.2, 0.25) is 0 Å². The zero-order chi connectivity index (χ0) is 16.2. The van der Waals surface area contributed by atoms with E-state index in [4.69, 9.17) is 0 Å². The molecule has 2 heterocycles. The van der Waals surface area contributed by atoms with Gasteiger partial charge in [0.15, 0.2) is 0 Å². The number of fused-ring (bicyclic) bond motifs is 1. The summed E-state index contributed by atoms with van der Waals surface area (Å²) in [5.74, 6) is 0.658. The fourth-order valence-corrected chi connectivity index (χ4v) is 3.47. The molecule has 5 heteroatoms. The fraction of sp³-hybridized carbons (Fsp3) is 0.500. The number of rotatable bonds is 6. The van der Waals surface area contributed by atoms with Crippen LogP contribution in [0, 0.1) is 5.92 Å². The Morgan fingerprint density at radius 3 is 2.70 bits per heavy atom. The van der Waals surface area contributed by atoms with Gasteiger partial charge in [0, 0.05) is 42.1 Å². The Hall–Kier alpha value is -1.85. The minimum atomic E-state index is 0.149. The highest BCUT2D eigenvalue weighted by atomic mass is 16.1. The second-order valence-electron chi connectivity index (χ2n) is 6.53. The molecule has 0 aliphatic carbocycles. The van der Waals surface area contributed by atoms with Crippen LogP contribution in [0.4, 0.5) is 0 Å². The molecule has 23 heavy (non-hydrogen) atoms. The van der Waals surface area contributed by atoms with Gasteiger partial charge in [0.2, 0.25) is 5.91 Å². The highest BCUT2D eigenvalue weighted by molar-refractivity contribution is 5.83. The number of carbonyl (C=O) groups is 1. The molecule has 2 unspecified atom stereocenters. The van der Waals surface area contributed by atoms with Crippen LogP contribution >= 0.6 is 0 Å². The smallest absolute Gasteiger partial charge is 0.220 e. The summed E-state index contributed by atoms with van der Waals surface area (Å²) in [6.45, 7) is 5.01. The van der Waals surface area contributed by atoms with E-state index in [0.29, 0.717) is 31.0 Å². The standard InChI is InChI=1S/C18H26N4O/c1-12-15(13(2)22-21-12)7-8-18(23)19-10-9-14-11-20-17-6-4-3-5-16(14)17/h3-6,11-13,15,20-22H,7-10H2,1-2H3,(H,19,23). The second-order valence-corrected chi connectivity index (χ2v) is 6.53. The van der Waals surface area contributed by atoms with Crippen molar-refractivity contribution in [3.05, 3.63) is 36.0 Å². The third kappa shape index (κ3) is 3.74. The average Bonchev–Trinajstić information content (AvgIpc) is 3.10. The molecule has 1 amide bonds. The summed E-state index contributed by atoms with van der Waals surface area (Å²) < 4.78 is 0. The summed E-state index contributed by atoms with van der Waals surface area (Å²) in [4.78, 5) is 15.3. The predicted molar refractivity (Wildman–Crippen MR) is 92.9 cm³/mol. The number of benzene rings is 1. The fourth-order valence-electron chi connectivity index (χ4n) is 3.47. The Bertz CT molecular complexity index is 656. The van der Waals surface area contributed by atoms with Crippen LogP contribution in [0.15, 0.2) is 30.5 Å². The predicted octanol–water partition coefficient (Wildman–Crippen LogP) is 2.11. The van der Waals surface area contributed by atoms with E-state index >= 15 is 0 Å². The van der Waals surface area contributed by atoms with E-state index < -0.39 is 0 Å². The van der Waals surface area contributed by atoms with Crippen LogP contribution in [0.5, 0.6) is 0 Å². The molecule has 0 bridgehead atoms. The lowest BCUT2D eigenvalue weighted by atomic mass is 9.91. The molecule has 4 N–H and O–H groups in total. The number of hydrazine groups is 1. The Balaban J connectivity index is 1.43. The van der Waals surface area contributed by atoms with Crippen LogP contribution in [0.3, 0.4) is 0 Å². The number of amides is 1. The van der Waals surface area contributed by atoms with E-state index in [-0.39, 0.29) is 5.91 Å².